The van der Waals surface area contributed by atoms with Gasteiger partial charge in [0.25, 0.3) is 0 Å². The summed E-state index contributed by atoms with van der Waals surface area (Å²) in [4.78, 5) is 0. The second-order valence-electron chi connectivity index (χ2n) is 4.26. The van der Waals surface area contributed by atoms with Crippen molar-refractivity contribution >= 4 is 50.5 Å². The van der Waals surface area contributed by atoms with E-state index >= 15 is 0 Å². The van der Waals surface area contributed by atoms with Crippen LogP contribution in [0.3, 0.4) is 0 Å². The van der Waals surface area contributed by atoms with Gasteiger partial charge in [-0.25, -0.2) is 0 Å². The third-order valence-corrected chi connectivity index (χ3v) is 3.87. The number of nitrogens with two attached hydrogens (primary N) is 1. The summed E-state index contributed by atoms with van der Waals surface area (Å²) in [6.07, 6.45) is 0. The lowest BCUT2D eigenvalue weighted by molar-refractivity contribution is 0.885. The first-order valence-corrected chi connectivity index (χ1v) is 7.29. The summed E-state index contributed by atoms with van der Waals surface area (Å²) in [5.41, 5.74) is 8.48. The van der Waals surface area contributed by atoms with E-state index in [0.717, 1.165) is 15.7 Å². The van der Waals surface area contributed by atoms with Crippen LogP contribution in [0, 0.1) is 0 Å². The number of halogens is 3. The highest BCUT2D eigenvalue weighted by Crippen LogP contribution is 2.31. The van der Waals surface area contributed by atoms with Crippen molar-refractivity contribution < 1.29 is 0 Å². The van der Waals surface area contributed by atoms with E-state index in [1.54, 1.807) is 6.07 Å². The van der Waals surface area contributed by atoms with Gasteiger partial charge in [-0.2, -0.15) is 0 Å². The normalized spacial score (nSPS) is 12.2. The van der Waals surface area contributed by atoms with Gasteiger partial charge in [-0.15, -0.1) is 0 Å². The summed E-state index contributed by atoms with van der Waals surface area (Å²) in [5.74, 6) is 0. The molecule has 0 heterocycles. The van der Waals surface area contributed by atoms with Crippen molar-refractivity contribution in [1.29, 1.82) is 0 Å². The molecule has 5 heteroatoms. The molecule has 0 aliphatic rings. The van der Waals surface area contributed by atoms with Gasteiger partial charge >= 0.3 is 0 Å². The number of hydrogen-bond acceptors (Lipinski definition) is 2. The molecule has 3 N–H and O–H groups in total. The van der Waals surface area contributed by atoms with E-state index in [2.05, 4.69) is 21.2 Å². The monoisotopic (exact) mass is 358 g/mol. The van der Waals surface area contributed by atoms with Crippen LogP contribution < -0.4 is 11.1 Å². The number of nitrogens with one attached hydrogen (secondary N) is 1. The summed E-state index contributed by atoms with van der Waals surface area (Å²) in [5, 5.41) is 4.61. The van der Waals surface area contributed by atoms with Gasteiger partial charge in [-0.05, 0) is 42.8 Å². The molecule has 0 fully saturated rings. The molecule has 19 heavy (non-hydrogen) atoms. The first-order valence-electron chi connectivity index (χ1n) is 5.74. The number of anilines is 2. The lowest BCUT2D eigenvalue weighted by Gasteiger charge is -2.18. The van der Waals surface area contributed by atoms with Crippen molar-refractivity contribution in [3.05, 3.63) is 56.5 Å². The average molecular weight is 360 g/mol. The minimum absolute atomic E-state index is 0.0290. The molecule has 0 spiro atoms. The molecule has 0 aromatic heterocycles. The summed E-state index contributed by atoms with van der Waals surface area (Å²) in [7, 11) is 0. The molecule has 0 aliphatic heterocycles. The number of nitrogen functional groups attached to an aromatic ring is 1. The van der Waals surface area contributed by atoms with Crippen molar-refractivity contribution in [2.24, 2.45) is 0 Å². The maximum atomic E-state index is 6.20. The maximum Gasteiger partial charge on any atom is 0.0589 e. The minimum Gasteiger partial charge on any atom is -0.397 e. The summed E-state index contributed by atoms with van der Waals surface area (Å²) < 4.78 is 0.971. The zero-order valence-electron chi connectivity index (χ0n) is 10.3. The number of rotatable bonds is 3. The number of benzene rings is 2. The first-order chi connectivity index (χ1) is 8.97. The Labute approximate surface area is 131 Å². The van der Waals surface area contributed by atoms with Gasteiger partial charge in [-0.1, -0.05) is 45.2 Å². The van der Waals surface area contributed by atoms with Crippen LogP contribution in [-0.4, -0.2) is 0 Å². The molecule has 2 aromatic rings. The SMILES string of the molecule is CC(Nc1cc(Br)ccc1N)c1ccc(Cl)cc1Cl. The molecule has 2 rings (SSSR count). The fraction of sp³-hybridized carbons (Fsp3) is 0.143. The lowest BCUT2D eigenvalue weighted by atomic mass is 10.1. The average Bonchev–Trinajstić information content (AvgIpc) is 2.33. The van der Waals surface area contributed by atoms with Crippen LogP contribution in [0.4, 0.5) is 11.4 Å². The van der Waals surface area contributed by atoms with Gasteiger partial charge in [-0.3, -0.25) is 0 Å². The molecule has 0 aliphatic carbocycles. The molecular formula is C14H13BrCl2N2. The van der Waals surface area contributed by atoms with E-state index in [4.69, 9.17) is 28.9 Å². The van der Waals surface area contributed by atoms with Gasteiger partial charge < -0.3 is 11.1 Å². The van der Waals surface area contributed by atoms with Crippen LogP contribution in [0.2, 0.25) is 10.0 Å². The molecule has 0 saturated heterocycles. The highest BCUT2D eigenvalue weighted by Gasteiger charge is 2.11. The third-order valence-electron chi connectivity index (χ3n) is 2.82. The van der Waals surface area contributed by atoms with E-state index in [1.165, 1.54) is 0 Å². The Kier molecular flexibility index (Phi) is 4.61. The van der Waals surface area contributed by atoms with E-state index in [0.29, 0.717) is 15.7 Å². The molecule has 2 aromatic carbocycles. The Morgan fingerprint density at radius 2 is 1.89 bits per heavy atom. The molecular weight excluding hydrogens is 347 g/mol. The maximum absolute atomic E-state index is 6.20. The molecule has 0 amide bonds. The zero-order chi connectivity index (χ0) is 14.0. The second kappa shape index (κ2) is 6.04. The minimum atomic E-state index is 0.0290. The van der Waals surface area contributed by atoms with E-state index < -0.39 is 0 Å². The van der Waals surface area contributed by atoms with Crippen molar-refractivity contribution in [1.82, 2.24) is 0 Å². The zero-order valence-corrected chi connectivity index (χ0v) is 13.4. The van der Waals surface area contributed by atoms with E-state index in [9.17, 15) is 0 Å². The number of hydrogen-bond donors (Lipinski definition) is 2. The van der Waals surface area contributed by atoms with E-state index in [1.807, 2.05) is 37.3 Å². The first kappa shape index (κ1) is 14.5. The van der Waals surface area contributed by atoms with Crippen LogP contribution in [0.1, 0.15) is 18.5 Å². The van der Waals surface area contributed by atoms with Gasteiger partial charge in [0.05, 0.1) is 17.4 Å². The Balaban J connectivity index is 2.25. The molecule has 0 saturated carbocycles. The van der Waals surface area contributed by atoms with Crippen LogP contribution >= 0.6 is 39.1 Å². The van der Waals surface area contributed by atoms with Crippen molar-refractivity contribution in [3.63, 3.8) is 0 Å². The molecule has 0 bridgehead atoms. The van der Waals surface area contributed by atoms with Crippen molar-refractivity contribution in [2.45, 2.75) is 13.0 Å². The van der Waals surface area contributed by atoms with Gasteiger partial charge in [0.15, 0.2) is 0 Å². The van der Waals surface area contributed by atoms with E-state index in [-0.39, 0.29) is 6.04 Å². The summed E-state index contributed by atoms with van der Waals surface area (Å²) in [6.45, 7) is 2.02. The molecule has 2 nitrogen and oxygen atoms in total. The predicted molar refractivity (Wildman–Crippen MR) is 87.1 cm³/mol. The largest absolute Gasteiger partial charge is 0.397 e. The Bertz CT molecular complexity index is 602. The summed E-state index contributed by atoms with van der Waals surface area (Å²) >= 11 is 15.5. The van der Waals surface area contributed by atoms with Crippen LogP contribution in [-0.2, 0) is 0 Å². The Morgan fingerprint density at radius 3 is 2.58 bits per heavy atom. The smallest absolute Gasteiger partial charge is 0.0589 e. The highest BCUT2D eigenvalue weighted by atomic mass is 79.9. The van der Waals surface area contributed by atoms with Gasteiger partial charge in [0.2, 0.25) is 0 Å². The van der Waals surface area contributed by atoms with Gasteiger partial charge in [0.1, 0.15) is 0 Å². The Morgan fingerprint density at radius 1 is 1.16 bits per heavy atom. The van der Waals surface area contributed by atoms with Crippen molar-refractivity contribution in [2.75, 3.05) is 11.1 Å². The molecule has 1 unspecified atom stereocenters. The molecule has 0 radical (unpaired) electrons. The second-order valence-corrected chi connectivity index (χ2v) is 6.02. The van der Waals surface area contributed by atoms with Crippen molar-refractivity contribution in [3.8, 4) is 0 Å². The lowest BCUT2D eigenvalue weighted by Crippen LogP contribution is -2.09. The van der Waals surface area contributed by atoms with Crippen LogP contribution in [0.25, 0.3) is 0 Å². The Hall–Kier alpha value is -0.900. The topological polar surface area (TPSA) is 38.0 Å². The third kappa shape index (κ3) is 3.56. The quantitative estimate of drug-likeness (QED) is 0.709. The standard InChI is InChI=1S/C14H13BrCl2N2/c1-8(11-4-3-10(16)7-12(11)17)19-14-6-9(15)2-5-13(14)18/h2-8,19H,18H2,1H3. The fourth-order valence-corrected chi connectivity index (χ4v) is 2.75. The molecule has 1 atom stereocenters. The van der Waals surface area contributed by atoms with Gasteiger partial charge in [0, 0.05) is 14.5 Å². The highest BCUT2D eigenvalue weighted by molar-refractivity contribution is 9.10. The summed E-state index contributed by atoms with van der Waals surface area (Å²) in [6, 6.07) is 11.2. The fourth-order valence-electron chi connectivity index (χ4n) is 1.82. The van der Waals surface area contributed by atoms with Crippen LogP contribution in [0.15, 0.2) is 40.9 Å². The van der Waals surface area contributed by atoms with Crippen LogP contribution in [0.5, 0.6) is 0 Å². The predicted octanol–water partition coefficient (Wildman–Crippen LogP) is 5.51. The molecule has 100 valence electrons.